The van der Waals surface area contributed by atoms with E-state index in [1.165, 1.54) is 25.1 Å². The Morgan fingerprint density at radius 1 is 1.25 bits per heavy atom. The first-order chi connectivity index (χ1) is 7.84. The number of hydrogen-bond acceptors (Lipinski definition) is 3. The number of anilines is 1. The van der Waals surface area contributed by atoms with Crippen LogP contribution >= 0.6 is 0 Å². The van der Waals surface area contributed by atoms with Crippen molar-refractivity contribution in [2.24, 2.45) is 0 Å². The van der Waals surface area contributed by atoms with Gasteiger partial charge in [-0.3, -0.25) is 0 Å². The largest absolute Gasteiger partial charge is 0.349 e. The van der Waals surface area contributed by atoms with Crippen molar-refractivity contribution in [2.75, 3.05) is 18.0 Å². The molecule has 1 atom stereocenters. The number of hydrogen-bond donors (Lipinski definition) is 1. The molecule has 1 saturated heterocycles. The van der Waals surface area contributed by atoms with Crippen molar-refractivity contribution in [1.82, 2.24) is 10.3 Å². The van der Waals surface area contributed by atoms with Gasteiger partial charge in [0.25, 0.3) is 0 Å². The Bertz CT molecular complexity index is 355. The third-order valence-electron chi connectivity index (χ3n) is 3.34. The summed E-state index contributed by atoms with van der Waals surface area (Å²) in [6.07, 6.45) is 4.97. The summed E-state index contributed by atoms with van der Waals surface area (Å²) in [5.74, 6) is 0.668. The number of rotatable bonds is 3. The molecule has 0 amide bonds. The first-order valence-corrected chi connectivity index (χ1v) is 5.95. The number of halogens is 1. The zero-order valence-corrected chi connectivity index (χ0v) is 9.19. The molecule has 1 saturated carbocycles. The van der Waals surface area contributed by atoms with E-state index >= 15 is 0 Å². The smallest absolute Gasteiger partial charge is 0.141 e. The van der Waals surface area contributed by atoms with Gasteiger partial charge in [0.2, 0.25) is 0 Å². The van der Waals surface area contributed by atoms with Crippen LogP contribution in [0.4, 0.5) is 10.2 Å². The lowest BCUT2D eigenvalue weighted by Gasteiger charge is -2.29. The van der Waals surface area contributed by atoms with Gasteiger partial charge in [-0.15, -0.1) is 0 Å². The summed E-state index contributed by atoms with van der Waals surface area (Å²) in [7, 11) is 0. The van der Waals surface area contributed by atoms with Crippen LogP contribution in [0.5, 0.6) is 0 Å². The van der Waals surface area contributed by atoms with E-state index in [0.29, 0.717) is 12.1 Å². The normalized spacial score (nSPS) is 24.7. The minimum atomic E-state index is -0.260. The molecule has 1 unspecified atom stereocenters. The number of pyridine rings is 1. The van der Waals surface area contributed by atoms with Crippen LogP contribution in [0.25, 0.3) is 0 Å². The third kappa shape index (κ3) is 1.89. The summed E-state index contributed by atoms with van der Waals surface area (Å²) in [6, 6.07) is 4.46. The van der Waals surface area contributed by atoms with Gasteiger partial charge in [0.05, 0.1) is 6.20 Å². The highest BCUT2D eigenvalue weighted by atomic mass is 19.1. The molecule has 1 aliphatic carbocycles. The zero-order chi connectivity index (χ0) is 11.0. The molecule has 86 valence electrons. The van der Waals surface area contributed by atoms with Gasteiger partial charge in [-0.25, -0.2) is 9.37 Å². The fourth-order valence-corrected chi connectivity index (χ4v) is 2.42. The molecule has 0 spiro atoms. The Morgan fingerprint density at radius 3 is 2.69 bits per heavy atom. The van der Waals surface area contributed by atoms with Crippen LogP contribution in [0.1, 0.15) is 19.3 Å². The molecule has 1 aliphatic heterocycles. The van der Waals surface area contributed by atoms with Crippen LogP contribution in [-0.2, 0) is 0 Å². The molecule has 0 radical (unpaired) electrons. The lowest BCUT2D eigenvalue weighted by molar-refractivity contribution is 0.604. The van der Waals surface area contributed by atoms with E-state index in [-0.39, 0.29) is 5.82 Å². The highest BCUT2D eigenvalue weighted by Crippen LogP contribution is 2.33. The third-order valence-corrected chi connectivity index (χ3v) is 3.34. The molecule has 1 N–H and O–H groups in total. The van der Waals surface area contributed by atoms with E-state index < -0.39 is 0 Å². The number of nitrogens with one attached hydrogen (secondary N) is 1. The molecule has 4 heteroatoms. The zero-order valence-electron chi connectivity index (χ0n) is 9.19. The maximum absolute atomic E-state index is 12.9. The quantitative estimate of drug-likeness (QED) is 0.839. The highest BCUT2D eigenvalue weighted by molar-refractivity contribution is 5.43. The summed E-state index contributed by atoms with van der Waals surface area (Å²) in [5, 5.41) is 3.37. The average Bonchev–Trinajstić information content (AvgIpc) is 2.97. The maximum atomic E-state index is 12.9. The van der Waals surface area contributed by atoms with Gasteiger partial charge < -0.3 is 10.2 Å². The first-order valence-electron chi connectivity index (χ1n) is 5.95. The van der Waals surface area contributed by atoms with Crippen LogP contribution in [0.2, 0.25) is 0 Å². The molecule has 2 aliphatic rings. The molecule has 3 nitrogen and oxygen atoms in total. The van der Waals surface area contributed by atoms with Crippen molar-refractivity contribution < 1.29 is 4.39 Å². The lowest BCUT2D eigenvalue weighted by Crippen LogP contribution is -2.39. The Hall–Kier alpha value is -1.16. The Kier molecular flexibility index (Phi) is 2.52. The summed E-state index contributed by atoms with van der Waals surface area (Å²) < 4.78 is 12.9. The molecule has 2 heterocycles. The Labute approximate surface area is 94.7 Å². The summed E-state index contributed by atoms with van der Waals surface area (Å²) in [6.45, 7) is 2.10. The second-order valence-electron chi connectivity index (χ2n) is 4.62. The van der Waals surface area contributed by atoms with Crippen molar-refractivity contribution in [3.8, 4) is 0 Å². The van der Waals surface area contributed by atoms with Gasteiger partial charge in [0.1, 0.15) is 11.6 Å². The van der Waals surface area contributed by atoms with Gasteiger partial charge in [-0.1, -0.05) is 0 Å². The molecule has 0 bridgehead atoms. The van der Waals surface area contributed by atoms with Crippen LogP contribution in [0, 0.1) is 5.82 Å². The van der Waals surface area contributed by atoms with Crippen LogP contribution in [0.15, 0.2) is 18.3 Å². The van der Waals surface area contributed by atoms with Gasteiger partial charge in [0.15, 0.2) is 0 Å². The van der Waals surface area contributed by atoms with Crippen LogP contribution in [0.3, 0.4) is 0 Å². The van der Waals surface area contributed by atoms with E-state index in [9.17, 15) is 4.39 Å². The molecular formula is C12H16FN3. The predicted octanol–water partition coefficient (Wildman–Crippen LogP) is 1.55. The second kappa shape index (κ2) is 4.01. The standard InChI is InChI=1S/C12H16FN3/c13-9-1-4-12(15-7-9)16(10-2-3-10)11-5-6-14-8-11/h1,4,7,10-11,14H,2-3,5-6,8H2. The predicted molar refractivity (Wildman–Crippen MR) is 61.0 cm³/mol. The average molecular weight is 221 g/mol. The molecule has 1 aromatic heterocycles. The Balaban J connectivity index is 1.84. The van der Waals surface area contributed by atoms with Gasteiger partial charge in [0, 0.05) is 18.6 Å². The van der Waals surface area contributed by atoms with Gasteiger partial charge >= 0.3 is 0 Å². The van der Waals surface area contributed by atoms with Crippen molar-refractivity contribution in [3.63, 3.8) is 0 Å². The summed E-state index contributed by atoms with van der Waals surface area (Å²) in [4.78, 5) is 6.58. The topological polar surface area (TPSA) is 28.2 Å². The summed E-state index contributed by atoms with van der Waals surface area (Å²) in [5.41, 5.74) is 0. The van der Waals surface area contributed by atoms with E-state index in [4.69, 9.17) is 0 Å². The van der Waals surface area contributed by atoms with Gasteiger partial charge in [-0.2, -0.15) is 0 Å². The van der Waals surface area contributed by atoms with E-state index in [0.717, 1.165) is 25.3 Å². The van der Waals surface area contributed by atoms with Crippen LogP contribution < -0.4 is 10.2 Å². The minimum absolute atomic E-state index is 0.260. The Morgan fingerprint density at radius 2 is 2.12 bits per heavy atom. The summed E-state index contributed by atoms with van der Waals surface area (Å²) >= 11 is 0. The van der Waals surface area contributed by atoms with Crippen molar-refractivity contribution >= 4 is 5.82 Å². The molecule has 3 rings (SSSR count). The number of nitrogens with zero attached hydrogens (tertiary/aromatic N) is 2. The molecule has 1 aromatic rings. The fourth-order valence-electron chi connectivity index (χ4n) is 2.42. The van der Waals surface area contributed by atoms with E-state index in [1.54, 1.807) is 6.07 Å². The minimum Gasteiger partial charge on any atom is -0.349 e. The molecular weight excluding hydrogens is 205 g/mol. The van der Waals surface area contributed by atoms with Gasteiger partial charge in [-0.05, 0) is 37.9 Å². The molecule has 16 heavy (non-hydrogen) atoms. The van der Waals surface area contributed by atoms with Crippen molar-refractivity contribution in [2.45, 2.75) is 31.3 Å². The fraction of sp³-hybridized carbons (Fsp3) is 0.583. The second-order valence-corrected chi connectivity index (χ2v) is 4.62. The van der Waals surface area contributed by atoms with Crippen molar-refractivity contribution in [1.29, 1.82) is 0 Å². The first kappa shape index (κ1) is 10.0. The van der Waals surface area contributed by atoms with E-state index in [2.05, 4.69) is 15.2 Å². The van der Waals surface area contributed by atoms with Crippen molar-refractivity contribution in [3.05, 3.63) is 24.1 Å². The highest BCUT2D eigenvalue weighted by Gasteiger charge is 2.35. The maximum Gasteiger partial charge on any atom is 0.141 e. The molecule has 0 aromatic carbocycles. The van der Waals surface area contributed by atoms with Crippen LogP contribution in [-0.4, -0.2) is 30.2 Å². The molecule has 2 fully saturated rings. The monoisotopic (exact) mass is 221 g/mol. The number of aromatic nitrogens is 1. The van der Waals surface area contributed by atoms with E-state index in [1.807, 2.05) is 0 Å². The SMILES string of the molecule is Fc1ccc(N(C2CC2)C2CCNC2)nc1. The lowest BCUT2D eigenvalue weighted by atomic mass is 10.2.